The summed E-state index contributed by atoms with van der Waals surface area (Å²) >= 11 is 0. The normalized spacial score (nSPS) is 24.6. The number of hydrogen-bond acceptors (Lipinski definition) is 2. The molecule has 0 spiro atoms. The molecule has 0 saturated heterocycles. The maximum absolute atomic E-state index is 9.56. The maximum atomic E-state index is 9.56. The molecular weight excluding hydrogens is 212 g/mol. The molecule has 0 saturated carbocycles. The Hall–Kier alpha value is -1.32. The molecule has 1 aromatic heterocycles. The van der Waals surface area contributed by atoms with Crippen LogP contribution in [0.25, 0.3) is 10.9 Å². The van der Waals surface area contributed by atoms with Gasteiger partial charge in [-0.1, -0.05) is 12.1 Å². The lowest BCUT2D eigenvalue weighted by atomic mass is 9.91. The van der Waals surface area contributed by atoms with Gasteiger partial charge < -0.3 is 15.4 Å². The highest BCUT2D eigenvalue weighted by Gasteiger charge is 2.21. The fourth-order valence-corrected chi connectivity index (χ4v) is 2.81. The quantitative estimate of drug-likeness (QED) is 0.699. The molecule has 90 valence electrons. The van der Waals surface area contributed by atoms with E-state index in [0.29, 0.717) is 6.04 Å². The number of H-pyrrole nitrogens is 1. The van der Waals surface area contributed by atoms with Gasteiger partial charge in [-0.05, 0) is 30.5 Å². The van der Waals surface area contributed by atoms with Crippen LogP contribution in [0.3, 0.4) is 0 Å². The molecule has 1 aliphatic rings. The van der Waals surface area contributed by atoms with Crippen LogP contribution < -0.4 is 5.32 Å². The van der Waals surface area contributed by atoms with Gasteiger partial charge >= 0.3 is 0 Å². The smallest absolute Gasteiger partial charge is 0.0512 e. The van der Waals surface area contributed by atoms with Crippen molar-refractivity contribution in [1.82, 2.24) is 10.3 Å². The van der Waals surface area contributed by atoms with Gasteiger partial charge in [0.25, 0.3) is 0 Å². The number of aromatic amines is 1. The Morgan fingerprint density at radius 1 is 1.41 bits per heavy atom. The molecule has 2 unspecified atom stereocenters. The molecule has 17 heavy (non-hydrogen) atoms. The molecule has 1 aliphatic heterocycles. The van der Waals surface area contributed by atoms with E-state index in [2.05, 4.69) is 41.6 Å². The molecule has 0 radical (unpaired) electrons. The van der Waals surface area contributed by atoms with Gasteiger partial charge in [0.15, 0.2) is 0 Å². The minimum atomic E-state index is 0.191. The number of aromatic nitrogens is 1. The summed E-state index contributed by atoms with van der Waals surface area (Å²) in [6.45, 7) is 3.24. The van der Waals surface area contributed by atoms with E-state index in [1.807, 2.05) is 0 Å². The maximum Gasteiger partial charge on any atom is 0.0512 e. The highest BCUT2D eigenvalue weighted by molar-refractivity contribution is 5.87. The van der Waals surface area contributed by atoms with Gasteiger partial charge in [-0.3, -0.25) is 0 Å². The monoisotopic (exact) mass is 230 g/mol. The molecule has 1 aromatic carbocycles. The van der Waals surface area contributed by atoms with Crippen LogP contribution in [0.15, 0.2) is 24.4 Å². The Kier molecular flexibility index (Phi) is 2.65. The number of aliphatic hydroxyl groups is 1. The Morgan fingerprint density at radius 3 is 3.12 bits per heavy atom. The van der Waals surface area contributed by atoms with Gasteiger partial charge in [-0.15, -0.1) is 0 Å². The lowest BCUT2D eigenvalue weighted by Gasteiger charge is -2.24. The molecule has 2 atom stereocenters. The molecule has 3 rings (SSSR count). The van der Waals surface area contributed by atoms with Gasteiger partial charge in [0.2, 0.25) is 0 Å². The Balaban J connectivity index is 2.23. The second-order valence-electron chi connectivity index (χ2n) is 4.98. The number of rotatable bonds is 1. The molecule has 0 fully saturated rings. The zero-order valence-corrected chi connectivity index (χ0v) is 10.0. The van der Waals surface area contributed by atoms with Gasteiger partial charge in [0, 0.05) is 35.6 Å². The van der Waals surface area contributed by atoms with E-state index in [9.17, 15) is 5.11 Å². The summed E-state index contributed by atoms with van der Waals surface area (Å²) in [4.78, 5) is 3.33. The first kappa shape index (κ1) is 10.8. The lowest BCUT2D eigenvalue weighted by molar-refractivity contribution is 0.258. The standard InChI is InChI=1S/C14H18N2O/c1-9-5-10-6-16-13-4-2-3-12(14(10)13)11(8-17)7-15-9/h2-4,6,9,11,15-17H,5,7-8H2,1H3. The zero-order valence-electron chi connectivity index (χ0n) is 10.0. The van der Waals surface area contributed by atoms with Crippen molar-refractivity contribution < 1.29 is 5.11 Å². The van der Waals surface area contributed by atoms with Crippen molar-refractivity contribution in [3.63, 3.8) is 0 Å². The van der Waals surface area contributed by atoms with Crippen LogP contribution >= 0.6 is 0 Å². The SMILES string of the molecule is CC1Cc2c[nH]c3cccc(c23)C(CO)CN1. The van der Waals surface area contributed by atoms with Crippen LogP contribution in [0, 0.1) is 0 Å². The van der Waals surface area contributed by atoms with Crippen molar-refractivity contribution in [2.45, 2.75) is 25.3 Å². The first-order valence-corrected chi connectivity index (χ1v) is 6.22. The highest BCUT2D eigenvalue weighted by atomic mass is 16.3. The summed E-state index contributed by atoms with van der Waals surface area (Å²) < 4.78 is 0. The van der Waals surface area contributed by atoms with Crippen LogP contribution in [0.2, 0.25) is 0 Å². The van der Waals surface area contributed by atoms with Crippen LogP contribution in [-0.2, 0) is 6.42 Å². The molecule has 2 heterocycles. The van der Waals surface area contributed by atoms with E-state index in [1.54, 1.807) is 0 Å². The van der Waals surface area contributed by atoms with Crippen molar-refractivity contribution in [3.8, 4) is 0 Å². The van der Waals surface area contributed by atoms with Crippen molar-refractivity contribution in [1.29, 1.82) is 0 Å². The van der Waals surface area contributed by atoms with Gasteiger partial charge in [-0.2, -0.15) is 0 Å². The van der Waals surface area contributed by atoms with Crippen molar-refractivity contribution in [3.05, 3.63) is 35.5 Å². The Bertz CT molecular complexity index is 532. The average molecular weight is 230 g/mol. The molecule has 0 aliphatic carbocycles. The minimum Gasteiger partial charge on any atom is -0.396 e. The van der Waals surface area contributed by atoms with E-state index in [1.165, 1.54) is 22.0 Å². The highest BCUT2D eigenvalue weighted by Crippen LogP contribution is 2.30. The summed E-state index contributed by atoms with van der Waals surface area (Å²) in [5.74, 6) is 0.191. The Morgan fingerprint density at radius 2 is 2.29 bits per heavy atom. The van der Waals surface area contributed by atoms with E-state index >= 15 is 0 Å². The third-order valence-electron chi connectivity index (χ3n) is 3.72. The molecule has 3 N–H and O–H groups in total. The second kappa shape index (κ2) is 4.17. The molecule has 2 aromatic rings. The van der Waals surface area contributed by atoms with Gasteiger partial charge in [0.05, 0.1) is 6.61 Å². The fraction of sp³-hybridized carbons (Fsp3) is 0.429. The van der Waals surface area contributed by atoms with Crippen LogP contribution in [0.4, 0.5) is 0 Å². The molecule has 3 heteroatoms. The van der Waals surface area contributed by atoms with Crippen LogP contribution in [0.1, 0.15) is 24.0 Å². The average Bonchev–Trinajstić information content (AvgIpc) is 2.72. The zero-order chi connectivity index (χ0) is 11.8. The summed E-state index contributed by atoms with van der Waals surface area (Å²) in [6.07, 6.45) is 3.14. The fourth-order valence-electron chi connectivity index (χ4n) is 2.81. The lowest BCUT2D eigenvalue weighted by Crippen LogP contribution is -2.34. The van der Waals surface area contributed by atoms with E-state index in [4.69, 9.17) is 0 Å². The number of nitrogens with one attached hydrogen (secondary N) is 2. The number of aliphatic hydroxyl groups excluding tert-OH is 1. The predicted molar refractivity (Wildman–Crippen MR) is 69.3 cm³/mol. The van der Waals surface area contributed by atoms with E-state index < -0.39 is 0 Å². The largest absolute Gasteiger partial charge is 0.396 e. The minimum absolute atomic E-state index is 0.191. The molecular formula is C14H18N2O. The molecule has 3 nitrogen and oxygen atoms in total. The third-order valence-corrected chi connectivity index (χ3v) is 3.72. The van der Waals surface area contributed by atoms with Crippen LogP contribution in [0.5, 0.6) is 0 Å². The van der Waals surface area contributed by atoms with Crippen molar-refractivity contribution in [2.24, 2.45) is 0 Å². The number of hydrogen-bond donors (Lipinski definition) is 3. The van der Waals surface area contributed by atoms with Crippen LogP contribution in [-0.4, -0.2) is 29.3 Å². The summed E-state index contributed by atoms with van der Waals surface area (Å²) in [6, 6.07) is 6.76. The predicted octanol–water partition coefficient (Wildman–Crippen LogP) is 1.78. The molecule has 0 bridgehead atoms. The summed E-state index contributed by atoms with van der Waals surface area (Å²) in [5.41, 5.74) is 3.81. The van der Waals surface area contributed by atoms with Gasteiger partial charge in [0.1, 0.15) is 0 Å². The topological polar surface area (TPSA) is 48.0 Å². The third kappa shape index (κ3) is 1.75. The first-order chi connectivity index (χ1) is 8.29. The second-order valence-corrected chi connectivity index (χ2v) is 4.98. The summed E-state index contributed by atoms with van der Waals surface area (Å²) in [5, 5.41) is 14.4. The van der Waals surface area contributed by atoms with E-state index in [-0.39, 0.29) is 12.5 Å². The van der Waals surface area contributed by atoms with Gasteiger partial charge in [-0.25, -0.2) is 0 Å². The molecule has 0 amide bonds. The van der Waals surface area contributed by atoms with E-state index in [0.717, 1.165) is 13.0 Å². The number of benzene rings is 1. The summed E-state index contributed by atoms with van der Waals surface area (Å²) in [7, 11) is 0. The Labute approximate surface area is 101 Å². The first-order valence-electron chi connectivity index (χ1n) is 6.22. The van der Waals surface area contributed by atoms with Crippen molar-refractivity contribution in [2.75, 3.05) is 13.2 Å². The van der Waals surface area contributed by atoms with Crippen molar-refractivity contribution >= 4 is 10.9 Å².